The van der Waals surface area contributed by atoms with Gasteiger partial charge in [0, 0.05) is 11.6 Å². The maximum Gasteiger partial charge on any atom is 0.0669 e. The van der Waals surface area contributed by atoms with E-state index in [1.807, 2.05) is 24.4 Å². The van der Waals surface area contributed by atoms with Gasteiger partial charge < -0.3 is 0 Å². The topological polar surface area (TPSA) is 36.7 Å². The third-order valence-corrected chi connectivity index (χ3v) is 2.48. The zero-order chi connectivity index (χ0) is 8.39. The fourth-order valence-corrected chi connectivity index (χ4v) is 1.75. The van der Waals surface area contributed by atoms with Crippen LogP contribution in [0.5, 0.6) is 0 Å². The molecule has 0 saturated heterocycles. The van der Waals surface area contributed by atoms with E-state index in [0.717, 1.165) is 10.9 Å². The summed E-state index contributed by atoms with van der Waals surface area (Å²) in [7, 11) is 0. The third kappa shape index (κ3) is 1.17. The van der Waals surface area contributed by atoms with E-state index in [2.05, 4.69) is 10.4 Å². The first-order chi connectivity index (χ1) is 5.90. The van der Waals surface area contributed by atoms with E-state index in [9.17, 15) is 0 Å². The summed E-state index contributed by atoms with van der Waals surface area (Å²) < 4.78 is 5.24. The summed E-state index contributed by atoms with van der Waals surface area (Å²) in [6.07, 6.45) is 2.31. The Kier molecular flexibility index (Phi) is 1.77. The predicted octanol–water partition coefficient (Wildman–Crippen LogP) is 2.36. The molecule has 2 rings (SSSR count). The summed E-state index contributed by atoms with van der Waals surface area (Å²) in [5.74, 6) is 0. The lowest BCUT2D eigenvalue weighted by Gasteiger charge is -1.92. The number of nitrogens with zero attached hydrogens (tertiary/aromatic N) is 2. The van der Waals surface area contributed by atoms with Crippen molar-refractivity contribution in [2.75, 3.05) is 0 Å². The molecular formula is C9H6N2S. The van der Waals surface area contributed by atoms with Gasteiger partial charge in [-0.05, 0) is 29.2 Å². The highest BCUT2D eigenvalue weighted by Crippen LogP contribution is 2.19. The van der Waals surface area contributed by atoms with Crippen LogP contribution in [0.3, 0.4) is 0 Å². The van der Waals surface area contributed by atoms with Gasteiger partial charge in [-0.1, -0.05) is 6.07 Å². The molecule has 0 amide bonds. The van der Waals surface area contributed by atoms with E-state index in [-0.39, 0.29) is 0 Å². The second-order valence-corrected chi connectivity index (χ2v) is 3.37. The Bertz CT molecular complexity index is 439. The predicted molar refractivity (Wildman–Crippen MR) is 48.9 cm³/mol. The van der Waals surface area contributed by atoms with Crippen molar-refractivity contribution in [2.24, 2.45) is 0 Å². The molecule has 0 fully saturated rings. The number of hydrogen-bond donors (Lipinski definition) is 0. The molecule has 0 unspecified atom stereocenters. The monoisotopic (exact) mass is 174 g/mol. The molecule has 1 aromatic carbocycles. The average Bonchev–Trinajstić information content (AvgIpc) is 2.51. The highest BCUT2D eigenvalue weighted by molar-refractivity contribution is 7.13. The SMILES string of the molecule is N#CCc1ccc2sncc2c1. The lowest BCUT2D eigenvalue weighted by Crippen LogP contribution is -1.78. The lowest BCUT2D eigenvalue weighted by molar-refractivity contribution is 1.27. The molecule has 0 bridgehead atoms. The normalized spacial score (nSPS) is 9.92. The zero-order valence-electron chi connectivity index (χ0n) is 6.32. The van der Waals surface area contributed by atoms with Crippen molar-refractivity contribution >= 4 is 21.6 Å². The van der Waals surface area contributed by atoms with Gasteiger partial charge in [0.2, 0.25) is 0 Å². The van der Waals surface area contributed by atoms with Crippen LogP contribution in [-0.2, 0) is 6.42 Å². The maximum absolute atomic E-state index is 8.48. The van der Waals surface area contributed by atoms with Crippen LogP contribution in [0.4, 0.5) is 0 Å². The number of aromatic nitrogens is 1. The van der Waals surface area contributed by atoms with Crippen molar-refractivity contribution in [3.05, 3.63) is 30.0 Å². The zero-order valence-corrected chi connectivity index (χ0v) is 7.14. The first kappa shape index (κ1) is 7.26. The minimum absolute atomic E-state index is 0.478. The van der Waals surface area contributed by atoms with Gasteiger partial charge in [-0.15, -0.1) is 0 Å². The molecule has 2 nitrogen and oxygen atoms in total. The quantitative estimate of drug-likeness (QED) is 0.665. The van der Waals surface area contributed by atoms with Crippen molar-refractivity contribution < 1.29 is 0 Å². The van der Waals surface area contributed by atoms with Crippen LogP contribution in [0, 0.1) is 11.3 Å². The molecule has 0 saturated carbocycles. The second kappa shape index (κ2) is 2.92. The molecule has 3 heteroatoms. The van der Waals surface area contributed by atoms with Gasteiger partial charge in [-0.3, -0.25) is 0 Å². The standard InChI is InChI=1S/C9H6N2S/c10-4-3-7-1-2-9-8(5-7)6-11-12-9/h1-2,5-6H,3H2. The molecule has 0 N–H and O–H groups in total. The molecule has 0 spiro atoms. The van der Waals surface area contributed by atoms with Gasteiger partial charge in [0.05, 0.1) is 17.2 Å². The van der Waals surface area contributed by atoms with Gasteiger partial charge in [0.1, 0.15) is 0 Å². The Balaban J connectivity index is 2.54. The fourth-order valence-electron chi connectivity index (χ4n) is 1.12. The Morgan fingerprint density at radius 1 is 1.50 bits per heavy atom. The van der Waals surface area contributed by atoms with Gasteiger partial charge in [-0.2, -0.15) is 9.64 Å². The highest BCUT2D eigenvalue weighted by atomic mass is 32.1. The van der Waals surface area contributed by atoms with Crippen LogP contribution >= 0.6 is 11.5 Å². The summed E-state index contributed by atoms with van der Waals surface area (Å²) in [6.45, 7) is 0. The molecule has 12 heavy (non-hydrogen) atoms. The van der Waals surface area contributed by atoms with E-state index in [4.69, 9.17) is 5.26 Å². The van der Waals surface area contributed by atoms with Gasteiger partial charge >= 0.3 is 0 Å². The molecule has 0 aliphatic carbocycles. The average molecular weight is 174 g/mol. The van der Waals surface area contributed by atoms with E-state index < -0.39 is 0 Å². The van der Waals surface area contributed by atoms with Crippen LogP contribution in [0.15, 0.2) is 24.4 Å². The molecule has 0 atom stereocenters. The van der Waals surface area contributed by atoms with Gasteiger partial charge in [-0.25, -0.2) is 0 Å². The molecule has 0 aliphatic rings. The van der Waals surface area contributed by atoms with Crippen LogP contribution < -0.4 is 0 Å². The summed E-state index contributed by atoms with van der Waals surface area (Å²) in [4.78, 5) is 0. The minimum atomic E-state index is 0.478. The first-order valence-corrected chi connectivity index (χ1v) is 4.38. The molecule has 1 aromatic heterocycles. The van der Waals surface area contributed by atoms with Crippen molar-refractivity contribution in [3.63, 3.8) is 0 Å². The van der Waals surface area contributed by atoms with E-state index >= 15 is 0 Å². The van der Waals surface area contributed by atoms with E-state index in [1.54, 1.807) is 0 Å². The Labute approximate surface area is 74.2 Å². The third-order valence-electron chi connectivity index (χ3n) is 1.70. The van der Waals surface area contributed by atoms with Crippen molar-refractivity contribution in [3.8, 4) is 6.07 Å². The number of rotatable bonds is 1. The van der Waals surface area contributed by atoms with Crippen molar-refractivity contribution in [1.29, 1.82) is 5.26 Å². The number of hydrogen-bond acceptors (Lipinski definition) is 3. The van der Waals surface area contributed by atoms with E-state index in [0.29, 0.717) is 6.42 Å². The minimum Gasteiger partial charge on any atom is -0.200 e. The molecule has 2 aromatic rings. The van der Waals surface area contributed by atoms with Crippen molar-refractivity contribution in [2.45, 2.75) is 6.42 Å². The molecular weight excluding hydrogens is 168 g/mol. The molecule has 1 heterocycles. The van der Waals surface area contributed by atoms with Crippen LogP contribution in [0.25, 0.3) is 10.1 Å². The molecule has 0 radical (unpaired) electrons. The summed E-state index contributed by atoms with van der Waals surface area (Å²) in [5, 5.41) is 9.61. The van der Waals surface area contributed by atoms with Crippen LogP contribution in [-0.4, -0.2) is 4.37 Å². The molecule has 0 aliphatic heterocycles. The largest absolute Gasteiger partial charge is 0.200 e. The fraction of sp³-hybridized carbons (Fsp3) is 0.111. The number of nitriles is 1. The first-order valence-electron chi connectivity index (χ1n) is 3.60. The van der Waals surface area contributed by atoms with Crippen LogP contribution in [0.2, 0.25) is 0 Å². The van der Waals surface area contributed by atoms with Gasteiger partial charge in [0.15, 0.2) is 0 Å². The Morgan fingerprint density at radius 2 is 2.42 bits per heavy atom. The van der Waals surface area contributed by atoms with Crippen LogP contribution in [0.1, 0.15) is 5.56 Å². The van der Waals surface area contributed by atoms with Gasteiger partial charge in [0.25, 0.3) is 0 Å². The number of benzene rings is 1. The lowest BCUT2D eigenvalue weighted by atomic mass is 10.1. The highest BCUT2D eigenvalue weighted by Gasteiger charge is 1.97. The summed E-state index contributed by atoms with van der Waals surface area (Å²) >= 11 is 1.48. The molecule has 58 valence electrons. The Hall–Kier alpha value is -1.40. The summed E-state index contributed by atoms with van der Waals surface area (Å²) in [5.41, 5.74) is 1.06. The maximum atomic E-state index is 8.48. The number of fused-ring (bicyclic) bond motifs is 1. The van der Waals surface area contributed by atoms with Crippen molar-refractivity contribution in [1.82, 2.24) is 4.37 Å². The summed E-state index contributed by atoms with van der Waals surface area (Å²) in [6, 6.07) is 8.13. The second-order valence-electron chi connectivity index (χ2n) is 2.53. The Morgan fingerprint density at radius 3 is 3.25 bits per heavy atom. The smallest absolute Gasteiger partial charge is 0.0669 e. The van der Waals surface area contributed by atoms with E-state index in [1.165, 1.54) is 16.2 Å².